The van der Waals surface area contributed by atoms with Crippen LogP contribution >= 0.6 is 11.6 Å². The maximum Gasteiger partial charge on any atom is 0.251 e. The van der Waals surface area contributed by atoms with Crippen molar-refractivity contribution in [2.45, 2.75) is 26.3 Å². The van der Waals surface area contributed by atoms with Gasteiger partial charge in [-0.2, -0.15) is 0 Å². The number of nitrogens with zero attached hydrogens (tertiary/aromatic N) is 1. The van der Waals surface area contributed by atoms with Gasteiger partial charge in [0.25, 0.3) is 5.91 Å². The fourth-order valence-corrected chi connectivity index (χ4v) is 4.00. The van der Waals surface area contributed by atoms with E-state index in [1.165, 1.54) is 11.0 Å². The Bertz CT molecular complexity index is 1300. The molecule has 0 aromatic heterocycles. The number of fused-ring (bicyclic) bond motifs is 1. The normalized spacial score (nSPS) is 15.1. The Balaban J connectivity index is 1.61. The second kappa shape index (κ2) is 9.93. The van der Waals surface area contributed by atoms with Gasteiger partial charge in [0, 0.05) is 16.8 Å². The number of benzene rings is 3. The van der Waals surface area contributed by atoms with E-state index in [4.69, 9.17) is 11.6 Å². The van der Waals surface area contributed by atoms with Crippen molar-refractivity contribution in [3.63, 3.8) is 0 Å². The maximum absolute atomic E-state index is 13.3. The fraction of sp³-hybridized carbons (Fsp3) is 0.148. The first kappa shape index (κ1) is 23.3. The van der Waals surface area contributed by atoms with Crippen LogP contribution in [-0.2, 0) is 14.4 Å². The van der Waals surface area contributed by atoms with Crippen molar-refractivity contribution in [1.29, 1.82) is 0 Å². The topological polar surface area (TPSA) is 78.5 Å². The molecule has 2 N–H and O–H groups in total. The molecular formula is C27H24ClN3O3. The lowest BCUT2D eigenvalue weighted by molar-refractivity contribution is -0.124. The predicted molar refractivity (Wildman–Crippen MR) is 136 cm³/mol. The lowest BCUT2D eigenvalue weighted by Crippen LogP contribution is -2.52. The number of halogens is 1. The van der Waals surface area contributed by atoms with Gasteiger partial charge in [0.1, 0.15) is 6.04 Å². The second-order valence-electron chi connectivity index (χ2n) is 8.14. The van der Waals surface area contributed by atoms with E-state index >= 15 is 0 Å². The molecule has 3 amide bonds. The van der Waals surface area contributed by atoms with E-state index in [1.54, 1.807) is 48.5 Å². The molecule has 3 aromatic rings. The highest BCUT2D eigenvalue weighted by Crippen LogP contribution is 2.33. The van der Waals surface area contributed by atoms with Crippen molar-refractivity contribution in [3.8, 4) is 0 Å². The highest BCUT2D eigenvalue weighted by Gasteiger charge is 2.37. The molecule has 0 aliphatic carbocycles. The third-order valence-electron chi connectivity index (χ3n) is 5.75. The number of para-hydroxylation sites is 2. The van der Waals surface area contributed by atoms with Gasteiger partial charge in [-0.15, -0.1) is 0 Å². The van der Waals surface area contributed by atoms with Crippen LogP contribution in [0.5, 0.6) is 0 Å². The third-order valence-corrected chi connectivity index (χ3v) is 6.10. The summed E-state index contributed by atoms with van der Waals surface area (Å²) in [6, 6.07) is 18.7. The summed E-state index contributed by atoms with van der Waals surface area (Å²) in [7, 11) is 0. The molecule has 7 heteroatoms. The van der Waals surface area contributed by atoms with Crippen LogP contribution in [-0.4, -0.2) is 23.8 Å². The van der Waals surface area contributed by atoms with Crippen LogP contribution in [0.3, 0.4) is 0 Å². The van der Waals surface area contributed by atoms with Crippen LogP contribution in [0.4, 0.5) is 17.1 Å². The van der Waals surface area contributed by atoms with E-state index in [2.05, 4.69) is 10.6 Å². The molecule has 4 rings (SSSR count). The van der Waals surface area contributed by atoms with Crippen molar-refractivity contribution in [2.75, 3.05) is 15.5 Å². The standard InChI is InChI=1S/C27H24ClN3O3/c1-17-11-13-20(15-18(17)2)29-25(32)16-24-27(34)30-22-9-5-6-10-23(22)31(24)26(33)14-12-19-7-3-4-8-21(19)28/h3-15,24H,16H2,1-2H3,(H,29,32)(H,30,34). The summed E-state index contributed by atoms with van der Waals surface area (Å²) in [5.74, 6) is -1.21. The number of aryl methyl sites for hydroxylation is 2. The molecule has 0 fully saturated rings. The summed E-state index contributed by atoms with van der Waals surface area (Å²) in [5.41, 5.74) is 4.52. The number of nitrogens with one attached hydrogen (secondary N) is 2. The Morgan fingerprint density at radius 2 is 1.76 bits per heavy atom. The first-order chi connectivity index (χ1) is 16.3. The van der Waals surface area contributed by atoms with Crippen LogP contribution in [0.25, 0.3) is 6.08 Å². The van der Waals surface area contributed by atoms with E-state index in [0.717, 1.165) is 11.1 Å². The average Bonchev–Trinajstić information content (AvgIpc) is 2.81. The molecule has 1 atom stereocenters. The number of carbonyl (C=O) groups excluding carboxylic acids is 3. The molecule has 0 radical (unpaired) electrons. The van der Waals surface area contributed by atoms with Gasteiger partial charge in [-0.25, -0.2) is 0 Å². The molecule has 0 spiro atoms. The zero-order valence-corrected chi connectivity index (χ0v) is 19.6. The highest BCUT2D eigenvalue weighted by molar-refractivity contribution is 6.32. The smallest absolute Gasteiger partial charge is 0.251 e. The van der Waals surface area contributed by atoms with Gasteiger partial charge in [-0.05, 0) is 66.9 Å². The maximum atomic E-state index is 13.3. The largest absolute Gasteiger partial charge is 0.326 e. The van der Waals surface area contributed by atoms with Gasteiger partial charge in [0.15, 0.2) is 0 Å². The zero-order chi connectivity index (χ0) is 24.2. The molecule has 34 heavy (non-hydrogen) atoms. The van der Waals surface area contributed by atoms with Crippen LogP contribution in [0.2, 0.25) is 5.02 Å². The first-order valence-corrected chi connectivity index (χ1v) is 11.2. The van der Waals surface area contributed by atoms with Crippen molar-refractivity contribution in [1.82, 2.24) is 0 Å². The summed E-state index contributed by atoms with van der Waals surface area (Å²) in [6.07, 6.45) is 2.77. The molecule has 0 saturated heterocycles. The van der Waals surface area contributed by atoms with Gasteiger partial charge >= 0.3 is 0 Å². The Morgan fingerprint density at radius 3 is 2.53 bits per heavy atom. The third kappa shape index (κ3) is 5.02. The van der Waals surface area contributed by atoms with E-state index in [9.17, 15) is 14.4 Å². The van der Waals surface area contributed by atoms with Crippen molar-refractivity contribution < 1.29 is 14.4 Å². The van der Waals surface area contributed by atoms with Gasteiger partial charge in [-0.3, -0.25) is 19.3 Å². The lowest BCUT2D eigenvalue weighted by Gasteiger charge is -2.35. The minimum absolute atomic E-state index is 0.196. The molecule has 1 aliphatic rings. The van der Waals surface area contributed by atoms with Crippen molar-refractivity contribution in [2.24, 2.45) is 0 Å². The highest BCUT2D eigenvalue weighted by atomic mass is 35.5. The van der Waals surface area contributed by atoms with Crippen molar-refractivity contribution >= 4 is 52.5 Å². The Morgan fingerprint density at radius 1 is 1.03 bits per heavy atom. The lowest BCUT2D eigenvalue weighted by atomic mass is 10.0. The summed E-state index contributed by atoms with van der Waals surface area (Å²) < 4.78 is 0. The molecule has 1 aliphatic heterocycles. The monoisotopic (exact) mass is 473 g/mol. The van der Waals surface area contributed by atoms with E-state index in [1.807, 2.05) is 38.1 Å². The Labute approximate surface area is 203 Å². The van der Waals surface area contributed by atoms with Gasteiger partial charge in [0.2, 0.25) is 11.8 Å². The first-order valence-electron chi connectivity index (χ1n) is 10.9. The van der Waals surface area contributed by atoms with E-state index < -0.39 is 17.9 Å². The Hall–Kier alpha value is -3.90. The Kier molecular flexibility index (Phi) is 6.80. The molecule has 0 saturated carbocycles. The molecule has 3 aromatic carbocycles. The molecule has 1 unspecified atom stereocenters. The van der Waals surface area contributed by atoms with Gasteiger partial charge in [0.05, 0.1) is 17.8 Å². The number of anilines is 3. The summed E-state index contributed by atoms with van der Waals surface area (Å²) in [5, 5.41) is 6.15. The molecule has 1 heterocycles. The average molecular weight is 474 g/mol. The summed E-state index contributed by atoms with van der Waals surface area (Å²) >= 11 is 6.20. The molecule has 6 nitrogen and oxygen atoms in total. The van der Waals surface area contributed by atoms with Crippen molar-refractivity contribution in [3.05, 3.63) is 94.5 Å². The zero-order valence-electron chi connectivity index (χ0n) is 18.8. The number of carbonyl (C=O) groups is 3. The summed E-state index contributed by atoms with van der Waals surface area (Å²) in [4.78, 5) is 40.5. The van der Waals surface area contributed by atoms with Crippen LogP contribution < -0.4 is 15.5 Å². The quantitative estimate of drug-likeness (QED) is 0.490. The van der Waals surface area contributed by atoms with Crippen LogP contribution in [0, 0.1) is 13.8 Å². The number of hydrogen-bond donors (Lipinski definition) is 2. The number of amides is 3. The van der Waals surface area contributed by atoms with Gasteiger partial charge in [-0.1, -0.05) is 48.0 Å². The summed E-state index contributed by atoms with van der Waals surface area (Å²) in [6.45, 7) is 3.95. The minimum Gasteiger partial charge on any atom is -0.326 e. The van der Waals surface area contributed by atoms with Crippen LogP contribution in [0.1, 0.15) is 23.1 Å². The minimum atomic E-state index is -1.01. The second-order valence-corrected chi connectivity index (χ2v) is 8.54. The SMILES string of the molecule is Cc1ccc(NC(=O)CC2C(=O)Nc3ccccc3N2C(=O)C=Cc2ccccc2Cl)cc1C. The van der Waals surface area contributed by atoms with Crippen LogP contribution in [0.15, 0.2) is 72.8 Å². The number of hydrogen-bond acceptors (Lipinski definition) is 3. The molecule has 172 valence electrons. The predicted octanol–water partition coefficient (Wildman–Crippen LogP) is 5.35. The van der Waals surface area contributed by atoms with E-state index in [0.29, 0.717) is 27.6 Å². The number of rotatable bonds is 5. The fourth-order valence-electron chi connectivity index (χ4n) is 3.81. The molecule has 0 bridgehead atoms. The van der Waals surface area contributed by atoms with Gasteiger partial charge < -0.3 is 10.6 Å². The van der Waals surface area contributed by atoms with E-state index in [-0.39, 0.29) is 12.3 Å². The molecular weight excluding hydrogens is 450 g/mol.